The molecule has 0 aromatic heterocycles. The van der Waals surface area contributed by atoms with Gasteiger partial charge in [0.1, 0.15) is 11.9 Å². The highest BCUT2D eigenvalue weighted by molar-refractivity contribution is 5.79. The number of hydrogen-bond acceptors (Lipinski definition) is 2. The molecule has 1 aliphatic carbocycles. The van der Waals surface area contributed by atoms with Crippen molar-refractivity contribution in [3.05, 3.63) is 30.3 Å². The van der Waals surface area contributed by atoms with Crippen LogP contribution in [0.1, 0.15) is 38.5 Å². The van der Waals surface area contributed by atoms with Gasteiger partial charge in [-0.05, 0) is 31.0 Å². The van der Waals surface area contributed by atoms with Gasteiger partial charge in [-0.1, -0.05) is 31.4 Å². The van der Waals surface area contributed by atoms with Crippen molar-refractivity contribution in [2.24, 2.45) is 5.92 Å². The van der Waals surface area contributed by atoms with Crippen LogP contribution in [0.2, 0.25) is 0 Å². The molecule has 0 spiro atoms. The minimum atomic E-state index is 0.143. The molecule has 3 rings (SSSR count). The lowest BCUT2D eigenvalue weighted by molar-refractivity contribution is -0.135. The number of hydrogen-bond donors (Lipinski definition) is 0. The molecule has 2 aliphatic rings. The van der Waals surface area contributed by atoms with E-state index in [1.54, 1.807) is 0 Å². The Bertz CT molecular complexity index is 440. The average Bonchev–Trinajstić information content (AvgIpc) is 2.97. The first-order valence-corrected chi connectivity index (χ1v) is 7.74. The van der Waals surface area contributed by atoms with Crippen LogP contribution in [0.15, 0.2) is 24.3 Å². The molecule has 1 amide bonds. The first-order chi connectivity index (χ1) is 9.83. The molecule has 1 heterocycles. The lowest BCUT2D eigenvalue weighted by Crippen LogP contribution is -2.36. The molecule has 107 valence electrons. The molecule has 1 saturated carbocycles. The molecule has 20 heavy (non-hydrogen) atoms. The standard InChI is InChI=1S/C17H22NO2/c19-17(14-7-3-1-4-8-14)18-12-11-16(13-18)20-15-9-5-2-6-10-15/h5-6,9-10,14,16H,1,3-4,7-8,11-13H2. The lowest BCUT2D eigenvalue weighted by Gasteiger charge is -2.26. The van der Waals surface area contributed by atoms with Crippen LogP contribution in [0.5, 0.6) is 5.75 Å². The van der Waals surface area contributed by atoms with Crippen molar-refractivity contribution in [1.29, 1.82) is 0 Å². The van der Waals surface area contributed by atoms with Crippen molar-refractivity contribution >= 4 is 5.91 Å². The Morgan fingerprint density at radius 2 is 1.90 bits per heavy atom. The molecule has 1 radical (unpaired) electrons. The van der Waals surface area contributed by atoms with E-state index in [4.69, 9.17) is 4.74 Å². The number of nitrogens with zero attached hydrogens (tertiary/aromatic N) is 1. The van der Waals surface area contributed by atoms with Gasteiger partial charge in [-0.15, -0.1) is 0 Å². The Morgan fingerprint density at radius 3 is 2.65 bits per heavy atom. The second-order valence-electron chi connectivity index (χ2n) is 5.88. The van der Waals surface area contributed by atoms with Gasteiger partial charge in [0.2, 0.25) is 5.91 Å². The Labute approximate surface area is 120 Å². The van der Waals surface area contributed by atoms with Crippen molar-refractivity contribution in [2.75, 3.05) is 13.1 Å². The molecule has 0 N–H and O–H groups in total. The number of carbonyl (C=O) groups excluding carboxylic acids is 1. The van der Waals surface area contributed by atoms with Crippen LogP contribution < -0.4 is 4.74 Å². The van der Waals surface area contributed by atoms with E-state index in [9.17, 15) is 4.79 Å². The van der Waals surface area contributed by atoms with E-state index in [1.807, 2.05) is 29.2 Å². The molecule has 2 fully saturated rings. The van der Waals surface area contributed by atoms with E-state index in [-0.39, 0.29) is 12.0 Å². The lowest BCUT2D eigenvalue weighted by atomic mass is 9.88. The van der Waals surface area contributed by atoms with E-state index in [1.165, 1.54) is 19.3 Å². The first-order valence-electron chi connectivity index (χ1n) is 7.74. The van der Waals surface area contributed by atoms with E-state index >= 15 is 0 Å². The zero-order valence-corrected chi connectivity index (χ0v) is 11.9. The monoisotopic (exact) mass is 272 g/mol. The first kappa shape index (κ1) is 13.5. The fourth-order valence-electron chi connectivity index (χ4n) is 3.27. The summed E-state index contributed by atoms with van der Waals surface area (Å²) in [6.45, 7) is 1.59. The molecular weight excluding hydrogens is 250 g/mol. The summed E-state index contributed by atoms with van der Waals surface area (Å²) in [5.41, 5.74) is 0. The predicted octanol–water partition coefficient (Wildman–Crippen LogP) is 3.05. The van der Waals surface area contributed by atoms with E-state index in [2.05, 4.69) is 6.07 Å². The summed E-state index contributed by atoms with van der Waals surface area (Å²) >= 11 is 0. The van der Waals surface area contributed by atoms with Crippen LogP contribution in [0.25, 0.3) is 0 Å². The van der Waals surface area contributed by atoms with Gasteiger partial charge in [-0.3, -0.25) is 4.79 Å². The summed E-state index contributed by atoms with van der Waals surface area (Å²) in [7, 11) is 0. The zero-order chi connectivity index (χ0) is 13.8. The fourth-order valence-corrected chi connectivity index (χ4v) is 3.27. The van der Waals surface area contributed by atoms with E-state index < -0.39 is 0 Å². The Morgan fingerprint density at radius 1 is 1.15 bits per heavy atom. The van der Waals surface area contributed by atoms with Crippen LogP contribution in [0.4, 0.5) is 0 Å². The third kappa shape index (κ3) is 3.14. The highest BCUT2D eigenvalue weighted by atomic mass is 16.5. The largest absolute Gasteiger partial charge is 0.489 e. The number of likely N-dealkylation sites (tertiary alicyclic amines) is 1. The Balaban J connectivity index is 1.52. The smallest absolute Gasteiger partial charge is 0.225 e. The highest BCUT2D eigenvalue weighted by Crippen LogP contribution is 2.27. The van der Waals surface area contributed by atoms with Gasteiger partial charge < -0.3 is 9.64 Å². The average molecular weight is 272 g/mol. The minimum Gasteiger partial charge on any atom is -0.489 e. The van der Waals surface area contributed by atoms with Gasteiger partial charge in [0.25, 0.3) is 0 Å². The maximum Gasteiger partial charge on any atom is 0.225 e. The van der Waals surface area contributed by atoms with Crippen molar-refractivity contribution in [3.8, 4) is 5.75 Å². The molecule has 1 aromatic carbocycles. The summed E-state index contributed by atoms with van der Waals surface area (Å²) in [6, 6.07) is 10.5. The quantitative estimate of drug-likeness (QED) is 0.846. The van der Waals surface area contributed by atoms with Gasteiger partial charge in [-0.2, -0.15) is 0 Å². The molecule has 1 aliphatic heterocycles. The topological polar surface area (TPSA) is 29.5 Å². The van der Waals surface area contributed by atoms with Crippen molar-refractivity contribution < 1.29 is 9.53 Å². The van der Waals surface area contributed by atoms with Gasteiger partial charge >= 0.3 is 0 Å². The summed E-state index contributed by atoms with van der Waals surface area (Å²) in [5, 5.41) is 0. The molecule has 1 aromatic rings. The van der Waals surface area contributed by atoms with Crippen LogP contribution in [-0.2, 0) is 4.79 Å². The van der Waals surface area contributed by atoms with E-state index in [0.29, 0.717) is 5.91 Å². The van der Waals surface area contributed by atoms with Gasteiger partial charge in [0, 0.05) is 18.9 Å². The van der Waals surface area contributed by atoms with Gasteiger partial charge in [0.15, 0.2) is 0 Å². The molecule has 3 heteroatoms. The molecule has 0 bridgehead atoms. The number of amides is 1. The summed E-state index contributed by atoms with van der Waals surface area (Å²) in [5.74, 6) is 1.51. The number of carbonyl (C=O) groups is 1. The summed E-state index contributed by atoms with van der Waals surface area (Å²) < 4.78 is 5.93. The van der Waals surface area contributed by atoms with Crippen molar-refractivity contribution in [1.82, 2.24) is 4.90 Å². The van der Waals surface area contributed by atoms with Crippen molar-refractivity contribution in [2.45, 2.75) is 44.6 Å². The molecule has 1 saturated heterocycles. The normalized spacial score (nSPS) is 23.8. The maximum absolute atomic E-state index is 12.5. The summed E-state index contributed by atoms with van der Waals surface area (Å²) in [6.07, 6.45) is 6.96. The van der Waals surface area contributed by atoms with Crippen LogP contribution in [0, 0.1) is 12.0 Å². The predicted molar refractivity (Wildman–Crippen MR) is 77.5 cm³/mol. The van der Waals surface area contributed by atoms with Gasteiger partial charge in [-0.25, -0.2) is 0 Å². The Hall–Kier alpha value is -1.51. The number of rotatable bonds is 3. The number of benzene rings is 1. The third-order valence-corrected chi connectivity index (χ3v) is 4.40. The van der Waals surface area contributed by atoms with Crippen LogP contribution >= 0.6 is 0 Å². The SMILES string of the molecule is O=C(C1CCCCC1)N1CCC(Oc2cc[c]cc2)C1. The minimum absolute atomic E-state index is 0.143. The second-order valence-corrected chi connectivity index (χ2v) is 5.88. The zero-order valence-electron chi connectivity index (χ0n) is 11.9. The third-order valence-electron chi connectivity index (χ3n) is 4.40. The highest BCUT2D eigenvalue weighted by Gasteiger charge is 2.32. The number of ether oxygens (including phenoxy) is 1. The van der Waals surface area contributed by atoms with Crippen LogP contribution in [-0.4, -0.2) is 30.0 Å². The van der Waals surface area contributed by atoms with Crippen molar-refractivity contribution in [3.63, 3.8) is 0 Å². The molecular formula is C17H22NO2. The maximum atomic E-state index is 12.5. The molecule has 3 nitrogen and oxygen atoms in total. The Kier molecular flexibility index (Phi) is 4.24. The molecule has 1 atom stereocenters. The van der Waals surface area contributed by atoms with Gasteiger partial charge in [0.05, 0.1) is 6.54 Å². The second kappa shape index (κ2) is 6.29. The van der Waals surface area contributed by atoms with E-state index in [0.717, 1.165) is 38.1 Å². The fraction of sp³-hybridized carbons (Fsp3) is 0.588. The summed E-state index contributed by atoms with van der Waals surface area (Å²) in [4.78, 5) is 14.5. The molecule has 1 unspecified atom stereocenters. The van der Waals surface area contributed by atoms with Crippen LogP contribution in [0.3, 0.4) is 0 Å².